The normalized spacial score (nSPS) is 18.8. The third kappa shape index (κ3) is 4.95. The number of benzene rings is 1. The topological polar surface area (TPSA) is 58.5 Å². The first-order valence-corrected chi connectivity index (χ1v) is 11.3. The average Bonchev–Trinajstić information content (AvgIpc) is 3.21. The van der Waals surface area contributed by atoms with Gasteiger partial charge in [0, 0.05) is 0 Å². The van der Waals surface area contributed by atoms with E-state index in [1.807, 2.05) is 11.4 Å². The minimum atomic E-state index is -4.72. The Balaban J connectivity index is 1.81. The molecule has 10 heteroatoms. The van der Waals surface area contributed by atoms with Crippen molar-refractivity contribution in [3.63, 3.8) is 0 Å². The maximum atomic E-state index is 13.3. The van der Waals surface area contributed by atoms with Crippen LogP contribution < -0.4 is 5.32 Å². The molecule has 0 spiro atoms. The predicted molar refractivity (Wildman–Crippen MR) is 105 cm³/mol. The summed E-state index contributed by atoms with van der Waals surface area (Å²) < 4.78 is 65.1. The number of allylic oxidation sites excluding steroid dienone is 2. The highest BCUT2D eigenvalue weighted by atomic mass is 35.5. The summed E-state index contributed by atoms with van der Waals surface area (Å²) >= 11 is 7.44. The summed E-state index contributed by atoms with van der Waals surface area (Å²) in [6.45, 7) is 0. The predicted octanol–water partition coefficient (Wildman–Crippen LogP) is 4.66. The zero-order valence-corrected chi connectivity index (χ0v) is 16.7. The van der Waals surface area contributed by atoms with Crippen molar-refractivity contribution in [2.75, 3.05) is 5.75 Å². The van der Waals surface area contributed by atoms with Crippen LogP contribution in [0.25, 0.3) is 0 Å². The van der Waals surface area contributed by atoms with Crippen molar-refractivity contribution < 1.29 is 21.6 Å². The van der Waals surface area contributed by atoms with Gasteiger partial charge < -0.3 is 5.32 Å². The van der Waals surface area contributed by atoms with Gasteiger partial charge in [0.25, 0.3) is 0 Å². The van der Waals surface area contributed by atoms with Crippen LogP contribution in [0.3, 0.4) is 0 Å². The SMILES string of the molecule is O=S(=O)(CCC(Cl)c1ccccc1)C1N=C(c2cccs2)C=C(C(F)(F)F)N1. The van der Waals surface area contributed by atoms with Crippen molar-refractivity contribution in [3.05, 3.63) is 70.1 Å². The van der Waals surface area contributed by atoms with E-state index in [-0.39, 0.29) is 12.1 Å². The Hall–Kier alpha value is -1.84. The molecule has 0 radical (unpaired) electrons. The second kappa shape index (κ2) is 8.26. The molecule has 0 saturated heterocycles. The van der Waals surface area contributed by atoms with Crippen LogP contribution in [0.2, 0.25) is 0 Å². The van der Waals surface area contributed by atoms with Crippen LogP contribution in [0.15, 0.2) is 64.6 Å². The minimum Gasteiger partial charge on any atom is -0.347 e. The molecule has 0 fully saturated rings. The molecule has 2 heterocycles. The van der Waals surface area contributed by atoms with Crippen molar-refractivity contribution in [1.82, 2.24) is 5.32 Å². The molecule has 3 rings (SSSR count). The number of hydrogen-bond donors (Lipinski definition) is 1. The third-order valence-corrected chi connectivity index (χ3v) is 7.12. The minimum absolute atomic E-state index is 0.0138. The van der Waals surface area contributed by atoms with E-state index in [0.29, 0.717) is 4.88 Å². The lowest BCUT2D eigenvalue weighted by Crippen LogP contribution is -2.43. The van der Waals surface area contributed by atoms with E-state index in [1.54, 1.807) is 41.8 Å². The summed E-state index contributed by atoms with van der Waals surface area (Å²) in [5.41, 5.74) is -2.12. The molecule has 150 valence electrons. The Morgan fingerprint density at radius 3 is 2.50 bits per heavy atom. The van der Waals surface area contributed by atoms with Gasteiger partial charge in [0.2, 0.25) is 5.50 Å². The first-order chi connectivity index (χ1) is 13.2. The number of rotatable bonds is 6. The standard InChI is InChI=1S/C18H16ClF3N2O2S2/c19-13(12-5-2-1-3-6-12)8-10-28(25,26)17-23-14(15-7-4-9-27-15)11-16(24-17)18(20,21)22/h1-7,9,11,13,17,24H,8,10H2. The maximum Gasteiger partial charge on any atom is 0.431 e. The molecule has 28 heavy (non-hydrogen) atoms. The van der Waals surface area contributed by atoms with Crippen LogP contribution in [-0.4, -0.2) is 31.6 Å². The quantitative estimate of drug-likeness (QED) is 0.654. The van der Waals surface area contributed by atoms with Crippen LogP contribution in [0.4, 0.5) is 13.2 Å². The van der Waals surface area contributed by atoms with Gasteiger partial charge in [-0.25, -0.2) is 13.4 Å². The lowest BCUT2D eigenvalue weighted by atomic mass is 10.1. The lowest BCUT2D eigenvalue weighted by Gasteiger charge is -2.25. The van der Waals surface area contributed by atoms with Gasteiger partial charge in [0.05, 0.1) is 21.7 Å². The average molecular weight is 449 g/mol. The van der Waals surface area contributed by atoms with Crippen molar-refractivity contribution in [1.29, 1.82) is 0 Å². The second-order valence-electron chi connectivity index (χ2n) is 6.08. The molecular formula is C18H16ClF3N2O2S2. The van der Waals surface area contributed by atoms with E-state index in [2.05, 4.69) is 4.99 Å². The van der Waals surface area contributed by atoms with E-state index in [9.17, 15) is 21.6 Å². The van der Waals surface area contributed by atoms with Gasteiger partial charge in [-0.1, -0.05) is 36.4 Å². The number of nitrogens with zero attached hydrogens (tertiary/aromatic N) is 1. The molecule has 1 aliphatic rings. The number of hydrogen-bond acceptors (Lipinski definition) is 5. The largest absolute Gasteiger partial charge is 0.431 e. The van der Waals surface area contributed by atoms with Gasteiger partial charge in [0.15, 0.2) is 9.84 Å². The highest BCUT2D eigenvalue weighted by Crippen LogP contribution is 2.30. The molecule has 0 bridgehead atoms. The van der Waals surface area contributed by atoms with E-state index >= 15 is 0 Å². The fraction of sp³-hybridized carbons (Fsp3) is 0.278. The second-order valence-corrected chi connectivity index (χ2v) is 9.73. The molecule has 1 N–H and O–H groups in total. The van der Waals surface area contributed by atoms with E-state index in [1.165, 1.54) is 11.3 Å². The van der Waals surface area contributed by atoms with Crippen LogP contribution in [0, 0.1) is 0 Å². The zero-order chi connectivity index (χ0) is 20.4. The van der Waals surface area contributed by atoms with E-state index < -0.39 is 38.3 Å². The molecule has 2 unspecified atom stereocenters. The summed E-state index contributed by atoms with van der Waals surface area (Å²) in [6, 6.07) is 12.1. The molecule has 0 saturated carbocycles. The molecule has 4 nitrogen and oxygen atoms in total. The van der Waals surface area contributed by atoms with Crippen molar-refractivity contribution in [2.24, 2.45) is 4.99 Å². The number of aliphatic imine (C=N–C) groups is 1. The molecular weight excluding hydrogens is 433 g/mol. The zero-order valence-electron chi connectivity index (χ0n) is 14.4. The van der Waals surface area contributed by atoms with Gasteiger partial charge in [-0.2, -0.15) is 13.2 Å². The van der Waals surface area contributed by atoms with Gasteiger partial charge >= 0.3 is 6.18 Å². The molecule has 2 atom stereocenters. The molecule has 0 aliphatic carbocycles. The van der Waals surface area contributed by atoms with E-state index in [0.717, 1.165) is 11.6 Å². The van der Waals surface area contributed by atoms with Gasteiger partial charge in [0.1, 0.15) is 5.70 Å². The van der Waals surface area contributed by atoms with Crippen molar-refractivity contribution >= 4 is 38.5 Å². The fourth-order valence-electron chi connectivity index (χ4n) is 2.61. The Kier molecular flexibility index (Phi) is 6.16. The van der Waals surface area contributed by atoms with E-state index in [4.69, 9.17) is 11.6 Å². The molecule has 2 aromatic rings. The first kappa shape index (κ1) is 20.9. The van der Waals surface area contributed by atoms with Gasteiger partial charge in [-0.3, -0.25) is 0 Å². The first-order valence-electron chi connectivity index (χ1n) is 8.24. The monoisotopic (exact) mass is 448 g/mol. The highest BCUT2D eigenvalue weighted by Gasteiger charge is 2.40. The molecule has 0 amide bonds. The Bertz CT molecular complexity index is 972. The van der Waals surface area contributed by atoms with Gasteiger partial charge in [-0.05, 0) is 29.5 Å². The van der Waals surface area contributed by atoms with Crippen molar-refractivity contribution in [3.8, 4) is 0 Å². The van der Waals surface area contributed by atoms with Gasteiger partial charge in [-0.15, -0.1) is 22.9 Å². The number of sulfone groups is 1. The highest BCUT2D eigenvalue weighted by molar-refractivity contribution is 7.91. The maximum absolute atomic E-state index is 13.3. The molecule has 1 aromatic heterocycles. The Morgan fingerprint density at radius 2 is 1.89 bits per heavy atom. The number of alkyl halides is 4. The number of halogens is 4. The summed E-state index contributed by atoms with van der Waals surface area (Å²) in [5, 5.41) is 3.12. The van der Waals surface area contributed by atoms with Crippen LogP contribution in [0.1, 0.15) is 22.2 Å². The Morgan fingerprint density at radius 1 is 1.18 bits per heavy atom. The smallest absolute Gasteiger partial charge is 0.347 e. The summed E-state index contributed by atoms with van der Waals surface area (Å²) in [5.74, 6) is -0.403. The lowest BCUT2D eigenvalue weighted by molar-refractivity contribution is -0.0970. The fourth-order valence-corrected chi connectivity index (χ4v) is 5.05. The third-order valence-electron chi connectivity index (χ3n) is 4.05. The molecule has 1 aromatic carbocycles. The van der Waals surface area contributed by atoms with Crippen LogP contribution in [-0.2, 0) is 9.84 Å². The number of nitrogens with one attached hydrogen (secondary N) is 1. The van der Waals surface area contributed by atoms with Crippen LogP contribution >= 0.6 is 22.9 Å². The Labute approximate surface area is 169 Å². The number of thiophene rings is 1. The summed E-state index contributed by atoms with van der Waals surface area (Å²) in [4.78, 5) is 4.48. The summed E-state index contributed by atoms with van der Waals surface area (Å²) in [6.07, 6.45) is -3.83. The van der Waals surface area contributed by atoms with Crippen molar-refractivity contribution in [2.45, 2.75) is 23.5 Å². The summed E-state index contributed by atoms with van der Waals surface area (Å²) in [7, 11) is -4.02. The molecule has 1 aliphatic heterocycles. The van der Waals surface area contributed by atoms with Crippen LogP contribution in [0.5, 0.6) is 0 Å².